The number of nitrogens with one attached hydrogen (secondary N) is 1. The van der Waals surface area contributed by atoms with E-state index in [-0.39, 0.29) is 5.97 Å². The Kier molecular flexibility index (Phi) is 5.10. The van der Waals surface area contributed by atoms with Crippen LogP contribution in [0.1, 0.15) is 26.2 Å². The maximum atomic E-state index is 12.3. The molecule has 1 atom stereocenters. The van der Waals surface area contributed by atoms with Gasteiger partial charge in [-0.2, -0.15) is 0 Å². The molecular formula is C14H23N3O2S. The minimum absolute atomic E-state index is 0.143. The molecule has 1 N–H and O–H groups in total. The average Bonchev–Trinajstić information content (AvgIpc) is 3.23. The van der Waals surface area contributed by atoms with Crippen LogP contribution in [-0.2, 0) is 16.6 Å². The quantitative estimate of drug-likeness (QED) is 0.586. The first kappa shape index (κ1) is 15.4. The third kappa shape index (κ3) is 3.17. The molecule has 1 aliphatic carbocycles. The van der Waals surface area contributed by atoms with Crippen LogP contribution in [0, 0.1) is 5.92 Å². The van der Waals surface area contributed by atoms with Crippen LogP contribution in [-0.4, -0.2) is 40.5 Å². The summed E-state index contributed by atoms with van der Waals surface area (Å²) in [6.45, 7) is 2.93. The van der Waals surface area contributed by atoms with Crippen LogP contribution in [0.5, 0.6) is 0 Å². The number of ether oxygens (including phenoxy) is 1. The number of rotatable bonds is 8. The van der Waals surface area contributed by atoms with Crippen LogP contribution in [0.25, 0.3) is 0 Å². The number of aryl methyl sites for hydroxylation is 1. The zero-order chi connectivity index (χ0) is 14.6. The molecule has 0 radical (unpaired) electrons. The summed E-state index contributed by atoms with van der Waals surface area (Å²) in [5.41, 5.74) is -0.568. The first-order valence-corrected chi connectivity index (χ1v) is 8.06. The molecule has 112 valence electrons. The fraction of sp³-hybridized carbons (Fsp3) is 0.714. The highest BCUT2D eigenvalue weighted by molar-refractivity contribution is 7.99. The number of carbonyl (C=O) groups excluding carboxylic acids is 1. The molecule has 2 rings (SSSR count). The summed E-state index contributed by atoms with van der Waals surface area (Å²) in [5.74, 6) is 0.902. The number of methoxy groups -OCH3 is 1. The first-order valence-electron chi connectivity index (χ1n) is 7.07. The number of esters is 1. The second kappa shape index (κ2) is 6.63. The van der Waals surface area contributed by atoms with Crippen LogP contribution in [0.2, 0.25) is 0 Å². The molecule has 1 heterocycles. The topological polar surface area (TPSA) is 56.2 Å². The van der Waals surface area contributed by atoms with Gasteiger partial charge in [0.25, 0.3) is 0 Å². The molecule has 1 aromatic rings. The van der Waals surface area contributed by atoms with Gasteiger partial charge in [-0.15, -0.1) is 0 Å². The largest absolute Gasteiger partial charge is 0.468 e. The number of hydrogen-bond acceptors (Lipinski definition) is 5. The normalized spacial score (nSPS) is 17.8. The van der Waals surface area contributed by atoms with E-state index >= 15 is 0 Å². The van der Waals surface area contributed by atoms with Crippen molar-refractivity contribution in [2.45, 2.75) is 36.9 Å². The van der Waals surface area contributed by atoms with E-state index < -0.39 is 5.54 Å². The first-order chi connectivity index (χ1) is 9.64. The molecule has 0 spiro atoms. The van der Waals surface area contributed by atoms with Crippen LogP contribution in [0.3, 0.4) is 0 Å². The molecule has 6 heteroatoms. The van der Waals surface area contributed by atoms with Gasteiger partial charge in [-0.1, -0.05) is 18.7 Å². The van der Waals surface area contributed by atoms with Gasteiger partial charge in [-0.05, 0) is 31.7 Å². The fourth-order valence-corrected chi connectivity index (χ4v) is 3.60. The summed E-state index contributed by atoms with van der Waals surface area (Å²) in [6, 6.07) is 0. The van der Waals surface area contributed by atoms with E-state index in [0.29, 0.717) is 11.7 Å². The van der Waals surface area contributed by atoms with E-state index in [0.717, 1.165) is 31.0 Å². The van der Waals surface area contributed by atoms with Gasteiger partial charge in [0, 0.05) is 25.2 Å². The van der Waals surface area contributed by atoms with E-state index in [4.69, 9.17) is 4.74 Å². The molecule has 5 nitrogen and oxygen atoms in total. The van der Waals surface area contributed by atoms with Crippen molar-refractivity contribution in [3.05, 3.63) is 12.4 Å². The molecule has 1 fully saturated rings. The van der Waals surface area contributed by atoms with Gasteiger partial charge >= 0.3 is 5.97 Å². The van der Waals surface area contributed by atoms with Crippen LogP contribution in [0.4, 0.5) is 0 Å². The minimum Gasteiger partial charge on any atom is -0.468 e. The lowest BCUT2D eigenvalue weighted by Crippen LogP contribution is -2.57. The highest BCUT2D eigenvalue weighted by Crippen LogP contribution is 2.43. The van der Waals surface area contributed by atoms with E-state index in [2.05, 4.69) is 17.2 Å². The highest BCUT2D eigenvalue weighted by Gasteiger charge is 2.51. The second-order valence-corrected chi connectivity index (χ2v) is 6.22. The van der Waals surface area contributed by atoms with Gasteiger partial charge in [-0.25, -0.2) is 4.98 Å². The molecular weight excluding hydrogens is 274 g/mol. The van der Waals surface area contributed by atoms with Gasteiger partial charge in [-0.3, -0.25) is 4.79 Å². The third-order valence-corrected chi connectivity index (χ3v) is 4.97. The van der Waals surface area contributed by atoms with Crippen molar-refractivity contribution in [1.82, 2.24) is 14.9 Å². The van der Waals surface area contributed by atoms with Crippen molar-refractivity contribution >= 4 is 17.7 Å². The molecule has 0 bridgehead atoms. The highest BCUT2D eigenvalue weighted by atomic mass is 32.2. The lowest BCUT2D eigenvalue weighted by molar-refractivity contribution is -0.148. The Morgan fingerprint density at radius 1 is 1.65 bits per heavy atom. The van der Waals surface area contributed by atoms with Crippen molar-refractivity contribution < 1.29 is 9.53 Å². The number of aromatic nitrogens is 2. The number of imidazole rings is 1. The third-order valence-electron chi connectivity index (χ3n) is 3.72. The lowest BCUT2D eigenvalue weighted by Gasteiger charge is -2.32. The smallest absolute Gasteiger partial charge is 0.327 e. The summed E-state index contributed by atoms with van der Waals surface area (Å²) in [5, 5.41) is 4.37. The van der Waals surface area contributed by atoms with Crippen molar-refractivity contribution in [3.8, 4) is 0 Å². The van der Waals surface area contributed by atoms with Crippen molar-refractivity contribution in [1.29, 1.82) is 0 Å². The summed E-state index contributed by atoms with van der Waals surface area (Å²) < 4.78 is 7.04. The van der Waals surface area contributed by atoms with Crippen LogP contribution >= 0.6 is 11.8 Å². The van der Waals surface area contributed by atoms with E-state index in [1.54, 1.807) is 18.0 Å². The maximum absolute atomic E-state index is 12.3. The Hall–Kier alpha value is -1.01. The predicted octanol–water partition coefficient (Wildman–Crippen LogP) is 1.83. The molecule has 1 saturated carbocycles. The van der Waals surface area contributed by atoms with Crippen molar-refractivity contribution in [3.63, 3.8) is 0 Å². The molecule has 1 aliphatic rings. The molecule has 1 aromatic heterocycles. The summed E-state index contributed by atoms with van der Waals surface area (Å²) in [4.78, 5) is 16.7. The monoisotopic (exact) mass is 297 g/mol. The SMILES string of the molecule is CCCNC(CSc1nccn1C)(C(=O)OC)C1CC1. The van der Waals surface area contributed by atoms with E-state index in [1.807, 2.05) is 17.8 Å². The Balaban J connectivity index is 2.12. The van der Waals surface area contributed by atoms with Gasteiger partial charge in [0.15, 0.2) is 5.16 Å². The Bertz CT molecular complexity index is 459. The van der Waals surface area contributed by atoms with Gasteiger partial charge in [0.1, 0.15) is 5.54 Å². The lowest BCUT2D eigenvalue weighted by atomic mass is 9.95. The van der Waals surface area contributed by atoms with Crippen LogP contribution < -0.4 is 5.32 Å². The van der Waals surface area contributed by atoms with Crippen LogP contribution in [0.15, 0.2) is 17.6 Å². The Labute approximate surface area is 124 Å². The number of nitrogens with zero attached hydrogens (tertiary/aromatic N) is 2. The number of carbonyl (C=O) groups is 1. The molecule has 0 aliphatic heterocycles. The van der Waals surface area contributed by atoms with E-state index in [1.165, 1.54) is 7.11 Å². The zero-order valence-electron chi connectivity index (χ0n) is 12.4. The molecule has 1 unspecified atom stereocenters. The Morgan fingerprint density at radius 2 is 2.40 bits per heavy atom. The number of hydrogen-bond donors (Lipinski definition) is 1. The molecule has 20 heavy (non-hydrogen) atoms. The summed E-state index contributed by atoms with van der Waals surface area (Å²) >= 11 is 1.61. The number of thioether (sulfide) groups is 1. The minimum atomic E-state index is -0.568. The van der Waals surface area contributed by atoms with Gasteiger partial charge < -0.3 is 14.6 Å². The second-order valence-electron chi connectivity index (χ2n) is 5.27. The molecule has 0 saturated heterocycles. The molecule has 0 aromatic carbocycles. The fourth-order valence-electron chi connectivity index (χ4n) is 2.39. The predicted molar refractivity (Wildman–Crippen MR) is 79.7 cm³/mol. The average molecular weight is 297 g/mol. The Morgan fingerprint density at radius 3 is 2.90 bits per heavy atom. The maximum Gasteiger partial charge on any atom is 0.327 e. The summed E-state index contributed by atoms with van der Waals surface area (Å²) in [6.07, 6.45) is 6.87. The van der Waals surface area contributed by atoms with Crippen molar-refractivity contribution in [2.75, 3.05) is 19.4 Å². The summed E-state index contributed by atoms with van der Waals surface area (Å²) in [7, 11) is 3.43. The van der Waals surface area contributed by atoms with Crippen molar-refractivity contribution in [2.24, 2.45) is 13.0 Å². The molecule has 0 amide bonds. The van der Waals surface area contributed by atoms with Gasteiger partial charge in [0.2, 0.25) is 0 Å². The van der Waals surface area contributed by atoms with Gasteiger partial charge in [0.05, 0.1) is 7.11 Å². The standard InChI is InChI=1S/C14H23N3O2S/c1-4-7-16-14(11-5-6-11,12(18)19-3)10-20-13-15-8-9-17(13)2/h8-9,11,16H,4-7,10H2,1-3H3. The zero-order valence-corrected chi connectivity index (χ0v) is 13.2. The van der Waals surface area contributed by atoms with E-state index in [9.17, 15) is 4.79 Å².